The van der Waals surface area contributed by atoms with Crippen LogP contribution in [0, 0.1) is 0 Å². The standard InChI is InChI=1S/C26H34N6O8S/c1-3-16-41(38,39)30-21-17-20(27-23(29-21)18-8-6-5-7-9-18)24(35)28-19(10-11-22(33)34)25(36)31-12-14-32(15-13-31)26(37)40-4-2/h5-9,17,19H,3-4,10-16H2,1-2H3,(H,28,35)(H,33,34)(H,27,29,30). The normalized spacial score (nSPS) is 14.2. The van der Waals surface area contributed by atoms with Crippen molar-refractivity contribution in [1.82, 2.24) is 25.1 Å². The number of sulfonamides is 1. The summed E-state index contributed by atoms with van der Waals surface area (Å²) < 4.78 is 32.2. The predicted octanol–water partition coefficient (Wildman–Crippen LogP) is 1.56. The van der Waals surface area contributed by atoms with Gasteiger partial charge in [0, 0.05) is 44.2 Å². The number of ether oxygens (including phenoxy) is 1. The highest BCUT2D eigenvalue weighted by Gasteiger charge is 2.31. The van der Waals surface area contributed by atoms with E-state index in [9.17, 15) is 32.7 Å². The molecule has 0 aliphatic carbocycles. The number of benzene rings is 1. The van der Waals surface area contributed by atoms with E-state index in [0.29, 0.717) is 12.0 Å². The summed E-state index contributed by atoms with van der Waals surface area (Å²) in [6.07, 6.45) is -0.704. The first kappa shape index (κ1) is 31.3. The Hall–Kier alpha value is -4.27. The Bertz CT molecular complexity index is 1350. The number of nitrogens with one attached hydrogen (secondary N) is 2. The molecule has 1 unspecified atom stereocenters. The van der Waals surface area contributed by atoms with Gasteiger partial charge in [-0.3, -0.25) is 19.1 Å². The molecule has 0 bridgehead atoms. The molecule has 3 rings (SSSR count). The fourth-order valence-corrected chi connectivity index (χ4v) is 5.18. The molecule has 0 spiro atoms. The number of hydrogen-bond donors (Lipinski definition) is 3. The van der Waals surface area contributed by atoms with Crippen LogP contribution in [0.2, 0.25) is 0 Å². The van der Waals surface area contributed by atoms with Crippen LogP contribution < -0.4 is 10.0 Å². The zero-order valence-corrected chi connectivity index (χ0v) is 23.7. The van der Waals surface area contributed by atoms with E-state index in [-0.39, 0.29) is 68.7 Å². The molecular weight excluding hydrogens is 556 g/mol. The molecule has 2 aromatic rings. The smallest absolute Gasteiger partial charge is 0.409 e. The van der Waals surface area contributed by atoms with Gasteiger partial charge < -0.3 is 25.0 Å². The number of carbonyl (C=O) groups is 4. The van der Waals surface area contributed by atoms with Gasteiger partial charge in [-0.25, -0.2) is 23.2 Å². The molecule has 2 heterocycles. The van der Waals surface area contributed by atoms with Crippen molar-refractivity contribution < 1.29 is 37.4 Å². The van der Waals surface area contributed by atoms with Crippen LogP contribution in [0.25, 0.3) is 11.4 Å². The Balaban J connectivity index is 1.85. The van der Waals surface area contributed by atoms with Crippen LogP contribution in [0.15, 0.2) is 36.4 Å². The second-order valence-electron chi connectivity index (χ2n) is 9.22. The topological polar surface area (TPSA) is 188 Å². The van der Waals surface area contributed by atoms with Gasteiger partial charge in [0.2, 0.25) is 15.9 Å². The van der Waals surface area contributed by atoms with E-state index < -0.39 is 39.9 Å². The van der Waals surface area contributed by atoms with Crippen molar-refractivity contribution in [2.45, 2.75) is 39.2 Å². The second-order valence-corrected chi connectivity index (χ2v) is 11.1. The molecule has 1 aromatic carbocycles. The number of aromatic nitrogens is 2. The molecule has 3 N–H and O–H groups in total. The number of hydrogen-bond acceptors (Lipinski definition) is 9. The minimum absolute atomic E-state index is 0.0796. The minimum Gasteiger partial charge on any atom is -0.481 e. The average molecular weight is 591 g/mol. The highest BCUT2D eigenvalue weighted by atomic mass is 32.2. The second kappa shape index (κ2) is 14.4. The van der Waals surface area contributed by atoms with Crippen molar-refractivity contribution in [2.24, 2.45) is 0 Å². The van der Waals surface area contributed by atoms with Crippen molar-refractivity contribution in [3.8, 4) is 11.4 Å². The van der Waals surface area contributed by atoms with Crippen LogP contribution in [-0.4, -0.2) is 102 Å². The fraction of sp³-hybridized carbons (Fsp3) is 0.462. The Morgan fingerprint density at radius 1 is 1.02 bits per heavy atom. The lowest BCUT2D eigenvalue weighted by molar-refractivity contribution is -0.138. The molecule has 15 heteroatoms. The van der Waals surface area contributed by atoms with Gasteiger partial charge in [0.05, 0.1) is 12.4 Å². The summed E-state index contributed by atoms with van der Waals surface area (Å²) in [5, 5.41) is 11.8. The monoisotopic (exact) mass is 590 g/mol. The van der Waals surface area contributed by atoms with Gasteiger partial charge in [-0.15, -0.1) is 0 Å². The lowest BCUT2D eigenvalue weighted by Crippen LogP contribution is -2.56. The van der Waals surface area contributed by atoms with Crippen LogP contribution in [0.1, 0.15) is 43.6 Å². The van der Waals surface area contributed by atoms with E-state index in [0.717, 1.165) is 6.07 Å². The Labute approximate surface area is 238 Å². The summed E-state index contributed by atoms with van der Waals surface area (Å²) in [5.74, 6) is -2.67. The van der Waals surface area contributed by atoms with Crippen LogP contribution >= 0.6 is 0 Å². The minimum atomic E-state index is -3.74. The van der Waals surface area contributed by atoms with Crippen molar-refractivity contribution in [1.29, 1.82) is 0 Å². The molecule has 0 saturated carbocycles. The number of carboxylic acids is 1. The van der Waals surface area contributed by atoms with Crippen molar-refractivity contribution in [3.63, 3.8) is 0 Å². The third-order valence-electron chi connectivity index (χ3n) is 6.09. The third-order valence-corrected chi connectivity index (χ3v) is 7.56. The van der Waals surface area contributed by atoms with Crippen LogP contribution in [-0.2, 0) is 24.3 Å². The van der Waals surface area contributed by atoms with Crippen LogP contribution in [0.5, 0.6) is 0 Å². The molecular formula is C26H34N6O8S. The average Bonchev–Trinajstić information content (AvgIpc) is 2.94. The van der Waals surface area contributed by atoms with Crippen molar-refractivity contribution >= 4 is 39.7 Å². The van der Waals surface area contributed by atoms with E-state index >= 15 is 0 Å². The Kier molecular flexibility index (Phi) is 11.0. The van der Waals surface area contributed by atoms with E-state index in [2.05, 4.69) is 20.0 Å². The maximum absolute atomic E-state index is 13.4. The highest BCUT2D eigenvalue weighted by molar-refractivity contribution is 7.92. The van der Waals surface area contributed by atoms with E-state index in [1.54, 1.807) is 44.2 Å². The van der Waals surface area contributed by atoms with E-state index in [1.807, 2.05) is 0 Å². The summed E-state index contributed by atoms with van der Waals surface area (Å²) in [6, 6.07) is 8.57. The zero-order chi connectivity index (χ0) is 30.0. The molecule has 1 fully saturated rings. The predicted molar refractivity (Wildman–Crippen MR) is 148 cm³/mol. The molecule has 0 radical (unpaired) electrons. The first-order valence-corrected chi connectivity index (χ1v) is 14.9. The molecule has 1 atom stereocenters. The maximum Gasteiger partial charge on any atom is 0.409 e. The van der Waals surface area contributed by atoms with Crippen molar-refractivity contribution in [2.75, 3.05) is 43.3 Å². The Morgan fingerprint density at radius 2 is 1.68 bits per heavy atom. The Morgan fingerprint density at radius 3 is 2.29 bits per heavy atom. The van der Waals surface area contributed by atoms with Gasteiger partial charge in [-0.05, 0) is 19.8 Å². The van der Waals surface area contributed by atoms with E-state index in [4.69, 9.17) is 4.74 Å². The van der Waals surface area contributed by atoms with Crippen molar-refractivity contribution in [3.05, 3.63) is 42.1 Å². The number of piperazine rings is 1. The summed E-state index contributed by atoms with van der Waals surface area (Å²) in [5.41, 5.74) is 0.310. The van der Waals surface area contributed by atoms with E-state index in [1.165, 1.54) is 9.80 Å². The summed E-state index contributed by atoms with van der Waals surface area (Å²) in [6.45, 7) is 4.40. The lowest BCUT2D eigenvalue weighted by atomic mass is 10.1. The first-order chi connectivity index (χ1) is 19.5. The van der Waals surface area contributed by atoms with Gasteiger partial charge in [-0.2, -0.15) is 0 Å². The third kappa shape index (κ3) is 9.13. The number of carbonyl (C=O) groups excluding carboxylic acids is 3. The van der Waals surface area contributed by atoms with Gasteiger partial charge in [0.25, 0.3) is 5.91 Å². The number of rotatable bonds is 12. The molecule has 41 heavy (non-hydrogen) atoms. The number of nitrogens with zero attached hydrogens (tertiary/aromatic N) is 4. The molecule has 1 aliphatic heterocycles. The fourth-order valence-electron chi connectivity index (χ4n) is 4.11. The maximum atomic E-state index is 13.4. The summed E-state index contributed by atoms with van der Waals surface area (Å²) in [4.78, 5) is 61.5. The number of aliphatic carboxylic acids is 1. The lowest BCUT2D eigenvalue weighted by Gasteiger charge is -2.35. The van der Waals surface area contributed by atoms with Gasteiger partial charge in [0.15, 0.2) is 5.82 Å². The molecule has 1 saturated heterocycles. The van der Waals surface area contributed by atoms with Crippen LogP contribution in [0.3, 0.4) is 0 Å². The van der Waals surface area contributed by atoms with Gasteiger partial charge >= 0.3 is 12.1 Å². The summed E-state index contributed by atoms with van der Waals surface area (Å²) >= 11 is 0. The van der Waals surface area contributed by atoms with Crippen LogP contribution in [0.4, 0.5) is 10.6 Å². The molecule has 14 nitrogen and oxygen atoms in total. The highest BCUT2D eigenvalue weighted by Crippen LogP contribution is 2.19. The largest absolute Gasteiger partial charge is 0.481 e. The molecule has 3 amide bonds. The number of amides is 3. The molecule has 1 aliphatic rings. The number of carboxylic acid groups (broad SMARTS) is 1. The molecule has 222 valence electrons. The zero-order valence-electron chi connectivity index (χ0n) is 22.9. The molecule has 1 aromatic heterocycles. The SMILES string of the molecule is CCCS(=O)(=O)Nc1cc(C(=O)NC(CCC(=O)O)C(=O)N2CCN(C(=O)OCC)CC2)nc(-c2ccccc2)n1. The summed E-state index contributed by atoms with van der Waals surface area (Å²) in [7, 11) is -3.74. The van der Waals surface area contributed by atoms with Gasteiger partial charge in [-0.1, -0.05) is 37.3 Å². The quantitative estimate of drug-likeness (QED) is 0.327. The number of anilines is 1. The first-order valence-electron chi connectivity index (χ1n) is 13.2. The van der Waals surface area contributed by atoms with Gasteiger partial charge in [0.1, 0.15) is 17.6 Å².